The molecule has 0 aliphatic carbocycles. The summed E-state index contributed by atoms with van der Waals surface area (Å²) in [6, 6.07) is 23.6. The summed E-state index contributed by atoms with van der Waals surface area (Å²) in [6.07, 6.45) is 0. The van der Waals surface area contributed by atoms with Gasteiger partial charge in [0, 0.05) is 15.6 Å². The zero-order valence-corrected chi connectivity index (χ0v) is 12.3. The first-order valence-corrected chi connectivity index (χ1v) is 7.19. The van der Waals surface area contributed by atoms with E-state index in [0.29, 0.717) is 5.75 Å². The summed E-state index contributed by atoms with van der Waals surface area (Å²) in [5.41, 5.74) is 3.95. The van der Waals surface area contributed by atoms with E-state index in [2.05, 4.69) is 15.9 Å². The van der Waals surface area contributed by atoms with Crippen LogP contribution in [0.15, 0.2) is 77.3 Å². The summed E-state index contributed by atoms with van der Waals surface area (Å²) < 4.78 is 0.973. The zero-order valence-electron chi connectivity index (χ0n) is 10.8. The van der Waals surface area contributed by atoms with Gasteiger partial charge in [0.05, 0.1) is 0 Å². The van der Waals surface area contributed by atoms with Gasteiger partial charge in [0.2, 0.25) is 0 Å². The lowest BCUT2D eigenvalue weighted by molar-refractivity contribution is 0.477. The van der Waals surface area contributed by atoms with Crippen molar-refractivity contribution in [2.24, 2.45) is 0 Å². The lowest BCUT2D eigenvalue weighted by Gasteiger charge is -2.14. The minimum atomic E-state index is 0.290. The zero-order chi connectivity index (χ0) is 13.9. The third-order valence-corrected chi connectivity index (χ3v) is 3.92. The third-order valence-electron chi connectivity index (χ3n) is 3.26. The summed E-state index contributed by atoms with van der Waals surface area (Å²) in [6.45, 7) is 0. The molecule has 0 aliphatic heterocycles. The van der Waals surface area contributed by atoms with Gasteiger partial charge in [0.25, 0.3) is 0 Å². The molecular formula is C18H13BrO. The van der Waals surface area contributed by atoms with Gasteiger partial charge in [-0.1, -0.05) is 76.6 Å². The molecule has 0 unspecified atom stereocenters. The Kier molecular flexibility index (Phi) is 3.57. The topological polar surface area (TPSA) is 20.2 Å². The molecule has 1 N–H and O–H groups in total. The molecular weight excluding hydrogens is 312 g/mol. The highest BCUT2D eigenvalue weighted by atomic mass is 79.9. The molecule has 0 aromatic heterocycles. The Bertz CT molecular complexity index is 657. The van der Waals surface area contributed by atoms with Gasteiger partial charge in [-0.25, -0.2) is 0 Å². The first kappa shape index (κ1) is 12.9. The molecule has 3 aromatic carbocycles. The van der Waals surface area contributed by atoms with E-state index in [-0.39, 0.29) is 0 Å². The summed E-state index contributed by atoms with van der Waals surface area (Å²) in [7, 11) is 0. The van der Waals surface area contributed by atoms with Crippen LogP contribution in [0.4, 0.5) is 0 Å². The van der Waals surface area contributed by atoms with Gasteiger partial charge >= 0.3 is 0 Å². The van der Waals surface area contributed by atoms with Crippen molar-refractivity contribution in [3.05, 3.63) is 77.3 Å². The Balaban J connectivity index is 2.32. The molecule has 0 saturated carbocycles. The van der Waals surface area contributed by atoms with Crippen LogP contribution in [0.1, 0.15) is 0 Å². The number of phenolic OH excluding ortho intramolecular Hbond substituents is 1. The average Bonchev–Trinajstić information content (AvgIpc) is 2.51. The molecule has 1 nitrogen and oxygen atoms in total. The van der Waals surface area contributed by atoms with Crippen molar-refractivity contribution in [3.8, 4) is 28.0 Å². The first-order chi connectivity index (χ1) is 9.77. The van der Waals surface area contributed by atoms with Crippen molar-refractivity contribution in [1.82, 2.24) is 0 Å². The summed E-state index contributed by atoms with van der Waals surface area (Å²) in [5, 5.41) is 10.3. The summed E-state index contributed by atoms with van der Waals surface area (Å²) in [4.78, 5) is 0. The number of hydrogen-bond donors (Lipinski definition) is 1. The van der Waals surface area contributed by atoms with E-state index in [4.69, 9.17) is 0 Å². The van der Waals surface area contributed by atoms with E-state index in [1.54, 1.807) is 6.07 Å². The van der Waals surface area contributed by atoms with Crippen molar-refractivity contribution in [1.29, 1.82) is 0 Å². The fourth-order valence-corrected chi connectivity index (χ4v) is 2.91. The van der Waals surface area contributed by atoms with Gasteiger partial charge in [0.15, 0.2) is 0 Å². The lowest BCUT2D eigenvalue weighted by Crippen LogP contribution is -1.88. The Morgan fingerprint density at radius 2 is 1.10 bits per heavy atom. The fraction of sp³-hybridized carbons (Fsp3) is 0. The van der Waals surface area contributed by atoms with Crippen molar-refractivity contribution in [2.45, 2.75) is 0 Å². The second-order valence-electron chi connectivity index (χ2n) is 4.55. The molecule has 0 atom stereocenters. The number of halogens is 1. The molecule has 0 heterocycles. The van der Waals surface area contributed by atoms with Gasteiger partial charge in [-0.3, -0.25) is 0 Å². The van der Waals surface area contributed by atoms with Gasteiger partial charge in [-0.15, -0.1) is 0 Å². The third kappa shape index (κ3) is 2.35. The Morgan fingerprint density at radius 3 is 1.65 bits per heavy atom. The predicted molar refractivity (Wildman–Crippen MR) is 86.7 cm³/mol. The molecule has 0 fully saturated rings. The Hall–Kier alpha value is -2.06. The van der Waals surface area contributed by atoms with Gasteiger partial charge in [0.1, 0.15) is 5.75 Å². The van der Waals surface area contributed by atoms with Crippen LogP contribution in [-0.2, 0) is 0 Å². The van der Waals surface area contributed by atoms with E-state index in [9.17, 15) is 5.11 Å². The van der Waals surface area contributed by atoms with Crippen molar-refractivity contribution in [3.63, 3.8) is 0 Å². The maximum Gasteiger partial charge on any atom is 0.124 e. The van der Waals surface area contributed by atoms with Gasteiger partial charge in [-0.2, -0.15) is 0 Å². The molecule has 3 aromatic rings. The number of aromatic hydroxyl groups is 1. The quantitative estimate of drug-likeness (QED) is 0.661. The average molecular weight is 325 g/mol. The van der Waals surface area contributed by atoms with Crippen LogP contribution < -0.4 is 0 Å². The second kappa shape index (κ2) is 5.51. The predicted octanol–water partition coefficient (Wildman–Crippen LogP) is 5.49. The number of rotatable bonds is 2. The highest BCUT2D eigenvalue weighted by Crippen LogP contribution is 2.42. The van der Waals surface area contributed by atoms with Crippen LogP contribution in [0, 0.1) is 0 Å². The van der Waals surface area contributed by atoms with E-state index >= 15 is 0 Å². The first-order valence-electron chi connectivity index (χ1n) is 6.39. The Labute approximate surface area is 126 Å². The second-order valence-corrected chi connectivity index (χ2v) is 5.40. The molecule has 0 amide bonds. The molecule has 0 aliphatic rings. The van der Waals surface area contributed by atoms with E-state index < -0.39 is 0 Å². The molecule has 0 spiro atoms. The van der Waals surface area contributed by atoms with Crippen LogP contribution in [0.2, 0.25) is 0 Å². The number of hydrogen-bond acceptors (Lipinski definition) is 1. The minimum Gasteiger partial charge on any atom is -0.507 e. The van der Waals surface area contributed by atoms with Crippen molar-refractivity contribution in [2.75, 3.05) is 0 Å². The molecule has 0 radical (unpaired) electrons. The normalized spacial score (nSPS) is 10.4. The standard InChI is InChI=1S/C18H13BrO/c19-15-11-12-16(20)18(14-9-5-2-6-10-14)17(15)13-7-3-1-4-8-13/h1-12,20H. The fourth-order valence-electron chi connectivity index (χ4n) is 2.35. The maximum atomic E-state index is 10.3. The van der Waals surface area contributed by atoms with Gasteiger partial charge in [-0.05, 0) is 23.3 Å². The van der Waals surface area contributed by atoms with Crippen LogP contribution in [0.25, 0.3) is 22.3 Å². The molecule has 20 heavy (non-hydrogen) atoms. The molecule has 3 rings (SSSR count). The van der Waals surface area contributed by atoms with Crippen molar-refractivity contribution < 1.29 is 5.11 Å². The molecule has 98 valence electrons. The molecule has 0 saturated heterocycles. The number of benzene rings is 3. The monoisotopic (exact) mass is 324 g/mol. The largest absolute Gasteiger partial charge is 0.507 e. The smallest absolute Gasteiger partial charge is 0.124 e. The van der Waals surface area contributed by atoms with E-state index in [1.165, 1.54) is 0 Å². The van der Waals surface area contributed by atoms with E-state index in [1.807, 2.05) is 66.7 Å². The van der Waals surface area contributed by atoms with Crippen molar-refractivity contribution >= 4 is 15.9 Å². The van der Waals surface area contributed by atoms with Gasteiger partial charge < -0.3 is 5.11 Å². The highest BCUT2D eigenvalue weighted by Gasteiger charge is 2.15. The number of phenols is 1. The van der Waals surface area contributed by atoms with Crippen LogP contribution in [0.5, 0.6) is 5.75 Å². The van der Waals surface area contributed by atoms with Crippen LogP contribution in [0.3, 0.4) is 0 Å². The minimum absolute atomic E-state index is 0.290. The molecule has 0 bridgehead atoms. The maximum absolute atomic E-state index is 10.3. The summed E-state index contributed by atoms with van der Waals surface area (Å²) in [5.74, 6) is 0.290. The highest BCUT2D eigenvalue weighted by molar-refractivity contribution is 9.10. The molecule has 2 heteroatoms. The van der Waals surface area contributed by atoms with E-state index in [0.717, 1.165) is 26.7 Å². The summed E-state index contributed by atoms with van der Waals surface area (Å²) >= 11 is 3.60. The van der Waals surface area contributed by atoms with Crippen LogP contribution in [-0.4, -0.2) is 5.11 Å². The SMILES string of the molecule is Oc1ccc(Br)c(-c2ccccc2)c1-c1ccccc1. The van der Waals surface area contributed by atoms with Crippen LogP contribution >= 0.6 is 15.9 Å². The lowest BCUT2D eigenvalue weighted by atomic mass is 9.94. The Morgan fingerprint density at radius 1 is 0.600 bits per heavy atom.